The summed E-state index contributed by atoms with van der Waals surface area (Å²) in [7, 11) is 0. The fraction of sp³-hybridized carbons (Fsp3) is 0.600. The molecule has 98 valence electrons. The van der Waals surface area contributed by atoms with Crippen molar-refractivity contribution in [1.82, 2.24) is 4.90 Å². The monoisotopic (exact) mass is 245 g/mol. The van der Waals surface area contributed by atoms with Crippen molar-refractivity contribution in [2.45, 2.75) is 31.7 Å². The summed E-state index contributed by atoms with van der Waals surface area (Å²) in [6, 6.07) is 9.04. The topological polar surface area (TPSA) is 32.5 Å². The van der Waals surface area contributed by atoms with E-state index in [2.05, 4.69) is 28.0 Å². The zero-order valence-corrected chi connectivity index (χ0v) is 11.0. The third-order valence-corrected chi connectivity index (χ3v) is 4.31. The van der Waals surface area contributed by atoms with Crippen molar-refractivity contribution in [2.24, 2.45) is 0 Å². The molecule has 0 radical (unpaired) electrons. The number of anilines is 2. The first-order valence-corrected chi connectivity index (χ1v) is 7.17. The summed E-state index contributed by atoms with van der Waals surface area (Å²) >= 11 is 0. The molecule has 0 aliphatic carbocycles. The van der Waals surface area contributed by atoms with Crippen LogP contribution in [-0.2, 0) is 0 Å². The minimum atomic E-state index is 0.756. The van der Waals surface area contributed by atoms with Crippen LogP contribution < -0.4 is 10.6 Å². The molecule has 1 unspecified atom stereocenters. The van der Waals surface area contributed by atoms with E-state index in [4.69, 9.17) is 5.73 Å². The highest BCUT2D eigenvalue weighted by atomic mass is 15.3. The quantitative estimate of drug-likeness (QED) is 0.812. The van der Waals surface area contributed by atoms with Crippen LogP contribution in [0.2, 0.25) is 0 Å². The molecule has 1 atom stereocenters. The highest BCUT2D eigenvalue weighted by Gasteiger charge is 2.28. The molecule has 0 bridgehead atoms. The van der Waals surface area contributed by atoms with Crippen molar-refractivity contribution in [3.8, 4) is 0 Å². The molecule has 0 saturated carbocycles. The maximum atomic E-state index is 5.87. The number of rotatable bonds is 2. The Bertz CT molecular complexity index is 398. The van der Waals surface area contributed by atoms with Crippen molar-refractivity contribution in [2.75, 3.05) is 36.8 Å². The summed E-state index contributed by atoms with van der Waals surface area (Å²) in [6.45, 7) is 4.94. The number of hydrogen-bond donors (Lipinski definition) is 1. The molecule has 3 nitrogen and oxygen atoms in total. The second kappa shape index (κ2) is 5.19. The summed E-state index contributed by atoms with van der Waals surface area (Å²) in [5.74, 6) is 0. The van der Waals surface area contributed by atoms with Crippen LogP contribution in [0, 0.1) is 0 Å². The van der Waals surface area contributed by atoms with Gasteiger partial charge in [-0.1, -0.05) is 12.5 Å². The molecular weight excluding hydrogens is 222 g/mol. The number of likely N-dealkylation sites (tertiary alicyclic amines) is 1. The van der Waals surface area contributed by atoms with Crippen molar-refractivity contribution in [3.05, 3.63) is 24.3 Å². The molecule has 1 aromatic carbocycles. The SMILES string of the molecule is Nc1cccc(N2CCC(N3CCCCC3)C2)c1. The third-order valence-electron chi connectivity index (χ3n) is 4.31. The largest absolute Gasteiger partial charge is 0.399 e. The predicted molar refractivity (Wildman–Crippen MR) is 76.9 cm³/mol. The van der Waals surface area contributed by atoms with Gasteiger partial charge in [0.05, 0.1) is 0 Å². The van der Waals surface area contributed by atoms with Gasteiger partial charge >= 0.3 is 0 Å². The minimum Gasteiger partial charge on any atom is -0.399 e. The Balaban J connectivity index is 1.64. The molecule has 2 heterocycles. The van der Waals surface area contributed by atoms with Gasteiger partial charge in [-0.05, 0) is 50.6 Å². The molecule has 1 aromatic rings. The van der Waals surface area contributed by atoms with Crippen LogP contribution in [0.15, 0.2) is 24.3 Å². The van der Waals surface area contributed by atoms with Crippen LogP contribution in [0.4, 0.5) is 11.4 Å². The zero-order chi connectivity index (χ0) is 12.4. The predicted octanol–water partition coefficient (Wildman–Crippen LogP) is 2.33. The smallest absolute Gasteiger partial charge is 0.0387 e. The lowest BCUT2D eigenvalue weighted by molar-refractivity contribution is 0.175. The Labute approximate surface area is 110 Å². The lowest BCUT2D eigenvalue weighted by Gasteiger charge is -2.32. The molecule has 2 aliphatic rings. The van der Waals surface area contributed by atoms with Gasteiger partial charge in [0.2, 0.25) is 0 Å². The summed E-state index contributed by atoms with van der Waals surface area (Å²) in [5, 5.41) is 0. The number of nitrogens with zero attached hydrogens (tertiary/aromatic N) is 2. The van der Waals surface area contributed by atoms with E-state index in [9.17, 15) is 0 Å². The first kappa shape index (κ1) is 11.8. The van der Waals surface area contributed by atoms with Gasteiger partial charge in [0.1, 0.15) is 0 Å². The third kappa shape index (κ3) is 2.46. The van der Waals surface area contributed by atoms with E-state index in [0.717, 1.165) is 11.7 Å². The standard InChI is InChI=1S/C15H23N3/c16-13-5-4-6-14(11-13)18-10-7-15(12-18)17-8-2-1-3-9-17/h4-6,11,15H,1-3,7-10,12,16H2. The second-order valence-corrected chi connectivity index (χ2v) is 5.58. The fourth-order valence-corrected chi connectivity index (χ4v) is 3.28. The van der Waals surface area contributed by atoms with Gasteiger partial charge < -0.3 is 10.6 Å². The van der Waals surface area contributed by atoms with Gasteiger partial charge in [-0.25, -0.2) is 0 Å². The first-order chi connectivity index (χ1) is 8.83. The van der Waals surface area contributed by atoms with Crippen molar-refractivity contribution < 1.29 is 0 Å². The van der Waals surface area contributed by atoms with Gasteiger partial charge in [-0.3, -0.25) is 4.90 Å². The van der Waals surface area contributed by atoms with Crippen LogP contribution in [-0.4, -0.2) is 37.1 Å². The van der Waals surface area contributed by atoms with E-state index in [0.29, 0.717) is 0 Å². The average Bonchev–Trinajstić information content (AvgIpc) is 2.89. The van der Waals surface area contributed by atoms with Crippen LogP contribution in [0.3, 0.4) is 0 Å². The number of nitrogen functional groups attached to an aromatic ring is 1. The second-order valence-electron chi connectivity index (χ2n) is 5.58. The molecular formula is C15H23N3. The van der Waals surface area contributed by atoms with Crippen LogP contribution in [0.5, 0.6) is 0 Å². The van der Waals surface area contributed by atoms with Gasteiger partial charge in [0.15, 0.2) is 0 Å². The number of benzene rings is 1. The van der Waals surface area contributed by atoms with Crippen LogP contribution in [0.1, 0.15) is 25.7 Å². The van der Waals surface area contributed by atoms with Crippen LogP contribution in [0.25, 0.3) is 0 Å². The van der Waals surface area contributed by atoms with Crippen molar-refractivity contribution >= 4 is 11.4 Å². The first-order valence-electron chi connectivity index (χ1n) is 7.17. The van der Waals surface area contributed by atoms with Crippen molar-refractivity contribution in [3.63, 3.8) is 0 Å². The molecule has 2 fully saturated rings. The van der Waals surface area contributed by atoms with Crippen molar-refractivity contribution in [1.29, 1.82) is 0 Å². The Kier molecular flexibility index (Phi) is 3.41. The van der Waals surface area contributed by atoms with E-state index in [1.54, 1.807) is 0 Å². The minimum absolute atomic E-state index is 0.756. The Morgan fingerprint density at radius 2 is 1.89 bits per heavy atom. The molecule has 0 aromatic heterocycles. The summed E-state index contributed by atoms with van der Waals surface area (Å²) in [5.41, 5.74) is 8.02. The van der Waals surface area contributed by atoms with E-state index in [1.807, 2.05) is 6.07 Å². The van der Waals surface area contributed by atoms with E-state index >= 15 is 0 Å². The summed E-state index contributed by atoms with van der Waals surface area (Å²) < 4.78 is 0. The maximum Gasteiger partial charge on any atom is 0.0387 e. The Morgan fingerprint density at radius 3 is 2.67 bits per heavy atom. The van der Waals surface area contributed by atoms with Gasteiger partial charge in [-0.2, -0.15) is 0 Å². The number of nitrogens with two attached hydrogens (primary N) is 1. The molecule has 2 aliphatic heterocycles. The van der Waals surface area contributed by atoms with Crippen LogP contribution >= 0.6 is 0 Å². The van der Waals surface area contributed by atoms with Gasteiger partial charge in [-0.15, -0.1) is 0 Å². The van der Waals surface area contributed by atoms with E-state index in [1.165, 1.54) is 57.5 Å². The summed E-state index contributed by atoms with van der Waals surface area (Å²) in [4.78, 5) is 5.17. The van der Waals surface area contributed by atoms with E-state index in [-0.39, 0.29) is 0 Å². The van der Waals surface area contributed by atoms with E-state index < -0.39 is 0 Å². The molecule has 0 amide bonds. The highest BCUT2D eigenvalue weighted by Crippen LogP contribution is 2.26. The molecule has 3 rings (SSSR count). The lowest BCUT2D eigenvalue weighted by Crippen LogP contribution is -2.40. The number of piperidine rings is 1. The Morgan fingerprint density at radius 1 is 1.06 bits per heavy atom. The number of hydrogen-bond acceptors (Lipinski definition) is 3. The molecule has 2 saturated heterocycles. The molecule has 2 N–H and O–H groups in total. The summed E-state index contributed by atoms with van der Waals surface area (Å²) in [6.07, 6.45) is 5.49. The lowest BCUT2D eigenvalue weighted by atomic mass is 10.1. The Hall–Kier alpha value is -1.22. The van der Waals surface area contributed by atoms with Gasteiger partial charge in [0, 0.05) is 30.5 Å². The van der Waals surface area contributed by atoms with Gasteiger partial charge in [0.25, 0.3) is 0 Å². The fourth-order valence-electron chi connectivity index (χ4n) is 3.28. The highest BCUT2D eigenvalue weighted by molar-refractivity contribution is 5.56. The molecule has 18 heavy (non-hydrogen) atoms. The average molecular weight is 245 g/mol. The zero-order valence-electron chi connectivity index (χ0n) is 11.0. The maximum absolute atomic E-state index is 5.87. The molecule has 3 heteroatoms. The normalized spacial score (nSPS) is 25.6. The molecule has 0 spiro atoms.